The number of nitrogens with zero attached hydrogens (tertiary/aromatic N) is 1. The first-order chi connectivity index (χ1) is 15.6. The summed E-state index contributed by atoms with van der Waals surface area (Å²) in [7, 11) is 0. The summed E-state index contributed by atoms with van der Waals surface area (Å²) in [5.74, 6) is 1.85. The molecule has 0 fully saturated rings. The third kappa shape index (κ3) is 3.89. The van der Waals surface area contributed by atoms with Gasteiger partial charge >= 0.3 is 0 Å². The van der Waals surface area contributed by atoms with E-state index in [2.05, 4.69) is 111 Å². The summed E-state index contributed by atoms with van der Waals surface area (Å²) >= 11 is 0. The quantitative estimate of drug-likeness (QED) is 0.321. The van der Waals surface area contributed by atoms with E-state index in [1.165, 1.54) is 33.4 Å². The predicted octanol–water partition coefficient (Wildman–Crippen LogP) is 8.68. The summed E-state index contributed by atoms with van der Waals surface area (Å²) in [6.45, 7) is 7.46. The molecule has 0 amide bonds. The first-order valence-electron chi connectivity index (χ1n) is 11.5. The molecule has 1 aliphatic rings. The highest BCUT2D eigenvalue weighted by molar-refractivity contribution is 5.83. The van der Waals surface area contributed by atoms with Crippen molar-refractivity contribution in [1.82, 2.24) is 0 Å². The van der Waals surface area contributed by atoms with E-state index in [1.54, 1.807) is 0 Å². The van der Waals surface area contributed by atoms with Crippen molar-refractivity contribution >= 4 is 11.4 Å². The Morgan fingerprint density at radius 3 is 1.47 bits per heavy atom. The Morgan fingerprint density at radius 2 is 1.03 bits per heavy atom. The minimum Gasteiger partial charge on any atom is -0.453 e. The van der Waals surface area contributed by atoms with Crippen LogP contribution < -0.4 is 9.64 Å². The molecule has 0 unspecified atom stereocenters. The number of hydrogen-bond acceptors (Lipinski definition) is 2. The molecule has 0 aromatic heterocycles. The van der Waals surface area contributed by atoms with Gasteiger partial charge in [0.05, 0.1) is 11.4 Å². The van der Waals surface area contributed by atoms with Crippen molar-refractivity contribution in [1.29, 1.82) is 0 Å². The van der Waals surface area contributed by atoms with E-state index in [4.69, 9.17) is 4.74 Å². The van der Waals surface area contributed by atoms with Gasteiger partial charge in [0.1, 0.15) is 0 Å². The van der Waals surface area contributed by atoms with Crippen LogP contribution in [0.15, 0.2) is 84.9 Å². The Bertz CT molecular complexity index is 1140. The lowest BCUT2D eigenvalue weighted by molar-refractivity contribution is 0.473. The Hall–Kier alpha value is -3.52. The van der Waals surface area contributed by atoms with Crippen LogP contribution in [0.3, 0.4) is 0 Å². The van der Waals surface area contributed by atoms with Gasteiger partial charge in [-0.25, -0.2) is 0 Å². The van der Waals surface area contributed by atoms with Gasteiger partial charge in [-0.1, -0.05) is 85.1 Å². The van der Waals surface area contributed by atoms with Crippen LogP contribution in [0.4, 0.5) is 11.4 Å². The second kappa shape index (κ2) is 8.55. The van der Waals surface area contributed by atoms with Crippen LogP contribution in [0, 0.1) is 13.8 Å². The number of benzene rings is 4. The highest BCUT2D eigenvalue weighted by Gasteiger charge is 2.25. The van der Waals surface area contributed by atoms with Gasteiger partial charge in [0.2, 0.25) is 0 Å². The van der Waals surface area contributed by atoms with Crippen LogP contribution in [-0.4, -0.2) is 6.54 Å². The van der Waals surface area contributed by atoms with Crippen molar-refractivity contribution in [3.8, 4) is 33.8 Å². The molecular formula is C30H29NO. The molecule has 4 aromatic carbocycles. The number of aryl methyl sites for hydroxylation is 2. The van der Waals surface area contributed by atoms with E-state index in [9.17, 15) is 0 Å². The van der Waals surface area contributed by atoms with E-state index >= 15 is 0 Å². The van der Waals surface area contributed by atoms with Crippen LogP contribution in [0.1, 0.15) is 30.9 Å². The summed E-state index contributed by atoms with van der Waals surface area (Å²) < 4.78 is 6.52. The van der Waals surface area contributed by atoms with Gasteiger partial charge in [-0.2, -0.15) is 0 Å². The van der Waals surface area contributed by atoms with Crippen molar-refractivity contribution in [2.24, 2.45) is 0 Å². The number of ether oxygens (including phenoxy) is 1. The van der Waals surface area contributed by atoms with E-state index in [1.807, 2.05) is 0 Å². The van der Waals surface area contributed by atoms with Gasteiger partial charge in [-0.3, -0.25) is 0 Å². The van der Waals surface area contributed by atoms with E-state index in [-0.39, 0.29) is 0 Å². The largest absolute Gasteiger partial charge is 0.453 e. The van der Waals surface area contributed by atoms with Crippen LogP contribution in [0.25, 0.3) is 22.3 Å². The lowest BCUT2D eigenvalue weighted by atomic mass is 10.0. The fourth-order valence-corrected chi connectivity index (χ4v) is 4.29. The molecule has 0 atom stereocenters. The fourth-order valence-electron chi connectivity index (χ4n) is 4.29. The van der Waals surface area contributed by atoms with Gasteiger partial charge in [0.15, 0.2) is 11.5 Å². The molecule has 0 saturated carbocycles. The molecule has 1 heterocycles. The smallest absolute Gasteiger partial charge is 0.151 e. The normalized spacial score (nSPS) is 12.2. The standard InChI is InChI=1S/C30H29NO/c1-4-5-18-31-27-16-14-25(23-10-6-21(2)7-11-23)19-29(27)32-30-20-26(15-17-28(30)31)24-12-8-22(3)9-13-24/h6-17,19-20H,4-5,18H2,1-3H3. The average molecular weight is 420 g/mol. The summed E-state index contributed by atoms with van der Waals surface area (Å²) in [6.07, 6.45) is 2.29. The third-order valence-corrected chi connectivity index (χ3v) is 6.23. The van der Waals surface area contributed by atoms with Crippen LogP contribution in [-0.2, 0) is 0 Å². The van der Waals surface area contributed by atoms with E-state index in [0.717, 1.165) is 42.3 Å². The van der Waals surface area contributed by atoms with Crippen molar-refractivity contribution in [2.75, 3.05) is 11.4 Å². The van der Waals surface area contributed by atoms with Gasteiger partial charge in [-0.05, 0) is 66.8 Å². The van der Waals surface area contributed by atoms with Gasteiger partial charge < -0.3 is 9.64 Å². The molecule has 32 heavy (non-hydrogen) atoms. The number of rotatable bonds is 5. The second-order valence-corrected chi connectivity index (χ2v) is 8.70. The Labute approximate surface area is 191 Å². The molecule has 0 N–H and O–H groups in total. The number of anilines is 2. The molecular weight excluding hydrogens is 390 g/mol. The van der Waals surface area contributed by atoms with Crippen molar-refractivity contribution in [3.63, 3.8) is 0 Å². The molecule has 0 radical (unpaired) electrons. The summed E-state index contributed by atoms with van der Waals surface area (Å²) in [6, 6.07) is 30.5. The maximum absolute atomic E-state index is 6.52. The minimum atomic E-state index is 0.924. The number of fused-ring (bicyclic) bond motifs is 2. The predicted molar refractivity (Wildman–Crippen MR) is 135 cm³/mol. The monoisotopic (exact) mass is 419 g/mol. The molecule has 4 aromatic rings. The van der Waals surface area contributed by atoms with E-state index < -0.39 is 0 Å². The lowest BCUT2D eigenvalue weighted by Crippen LogP contribution is -2.22. The van der Waals surface area contributed by atoms with Crippen LogP contribution in [0.2, 0.25) is 0 Å². The van der Waals surface area contributed by atoms with Gasteiger partial charge in [-0.15, -0.1) is 0 Å². The molecule has 0 aliphatic carbocycles. The SMILES string of the molecule is CCCCN1c2ccc(-c3ccc(C)cc3)cc2Oc2cc(-c3ccc(C)cc3)ccc21. The molecule has 0 saturated heterocycles. The molecule has 0 bridgehead atoms. The maximum atomic E-state index is 6.52. The molecule has 1 aliphatic heterocycles. The summed E-state index contributed by atoms with van der Waals surface area (Å²) in [5.41, 5.74) is 9.60. The fraction of sp³-hybridized carbons (Fsp3) is 0.200. The molecule has 2 heteroatoms. The zero-order valence-corrected chi connectivity index (χ0v) is 19.1. The molecule has 160 valence electrons. The summed E-state index contributed by atoms with van der Waals surface area (Å²) in [5, 5.41) is 0. The average Bonchev–Trinajstić information content (AvgIpc) is 2.82. The van der Waals surface area contributed by atoms with Crippen LogP contribution >= 0.6 is 0 Å². The highest BCUT2D eigenvalue weighted by atomic mass is 16.5. The van der Waals surface area contributed by atoms with Crippen molar-refractivity contribution < 1.29 is 4.74 Å². The molecule has 2 nitrogen and oxygen atoms in total. The highest BCUT2D eigenvalue weighted by Crippen LogP contribution is 2.49. The topological polar surface area (TPSA) is 12.5 Å². The minimum absolute atomic E-state index is 0.924. The van der Waals surface area contributed by atoms with Crippen molar-refractivity contribution in [3.05, 3.63) is 96.1 Å². The van der Waals surface area contributed by atoms with Gasteiger partial charge in [0, 0.05) is 6.54 Å². The van der Waals surface area contributed by atoms with E-state index in [0.29, 0.717) is 0 Å². The summed E-state index contributed by atoms with van der Waals surface area (Å²) in [4.78, 5) is 2.41. The van der Waals surface area contributed by atoms with Crippen LogP contribution in [0.5, 0.6) is 11.5 Å². The Morgan fingerprint density at radius 1 is 0.594 bits per heavy atom. The first-order valence-corrected chi connectivity index (χ1v) is 11.5. The third-order valence-electron chi connectivity index (χ3n) is 6.23. The zero-order valence-electron chi connectivity index (χ0n) is 19.1. The Balaban J connectivity index is 1.56. The number of unbranched alkanes of at least 4 members (excludes halogenated alkanes) is 1. The number of hydrogen-bond donors (Lipinski definition) is 0. The second-order valence-electron chi connectivity index (χ2n) is 8.70. The zero-order chi connectivity index (χ0) is 22.1. The van der Waals surface area contributed by atoms with Gasteiger partial charge in [0.25, 0.3) is 0 Å². The van der Waals surface area contributed by atoms with Crippen molar-refractivity contribution in [2.45, 2.75) is 33.6 Å². The molecule has 0 spiro atoms. The Kier molecular flexibility index (Phi) is 5.45. The first kappa shape index (κ1) is 20.4. The molecule has 5 rings (SSSR count). The lowest BCUT2D eigenvalue weighted by Gasteiger charge is -2.33. The maximum Gasteiger partial charge on any atom is 0.151 e.